The first kappa shape index (κ1) is 44.4. The highest BCUT2D eigenvalue weighted by molar-refractivity contribution is 6.70. The lowest BCUT2D eigenvalue weighted by Gasteiger charge is -2.63. The molecule has 0 atom stereocenters. The van der Waals surface area contributed by atoms with Crippen molar-refractivity contribution in [2.24, 2.45) is 23.7 Å². The van der Waals surface area contributed by atoms with Crippen molar-refractivity contribution in [2.45, 2.75) is 56.8 Å². The second-order valence-electron chi connectivity index (χ2n) is 22.8. The van der Waals surface area contributed by atoms with Crippen LogP contribution in [0.25, 0.3) is 49.9 Å². The molecule has 0 unspecified atom stereocenters. The number of anilines is 4. The molecule has 4 bridgehead atoms. The van der Waals surface area contributed by atoms with Crippen LogP contribution in [0, 0.1) is 23.7 Å². The highest BCUT2D eigenvalue weighted by Gasteiger charge is 2.61. The van der Waals surface area contributed by atoms with Gasteiger partial charge in [-0.3, -0.25) is 4.57 Å². The number of nitrogens with zero attached hydrogens (tertiary/aromatic N) is 5. The Balaban J connectivity index is 0.825. The molecule has 2 aromatic heterocycles. The summed E-state index contributed by atoms with van der Waals surface area (Å²) in [6.45, 7) is 5.70. The summed E-state index contributed by atoms with van der Waals surface area (Å²) in [6.07, 6.45) is 22.6. The molecule has 3 aliphatic heterocycles. The first-order chi connectivity index (χ1) is 36.9. The summed E-state index contributed by atoms with van der Waals surface area (Å²) in [5.41, 5.74) is 17.2. The third-order valence-corrected chi connectivity index (χ3v) is 18.7. The quantitative estimate of drug-likeness (QED) is 0.135. The Morgan fingerprint density at radius 1 is 0.547 bits per heavy atom. The number of hydrogen-bond donors (Lipinski definition) is 0. The second kappa shape index (κ2) is 17.2. The molecule has 0 N–H and O–H groups in total. The van der Waals surface area contributed by atoms with E-state index in [0.29, 0.717) is 18.5 Å². The van der Waals surface area contributed by atoms with Crippen LogP contribution in [0.15, 0.2) is 236 Å². The largest absolute Gasteiger partial charge is 0.390 e. The van der Waals surface area contributed by atoms with Crippen molar-refractivity contribution in [1.29, 1.82) is 0 Å². The fourth-order valence-corrected chi connectivity index (χ4v) is 15.5. The molecule has 75 heavy (non-hydrogen) atoms. The summed E-state index contributed by atoms with van der Waals surface area (Å²) in [5, 5.41) is 2.51. The minimum atomic E-state index is -0.334. The van der Waals surface area contributed by atoms with Crippen LogP contribution in [0.1, 0.15) is 62.6 Å². The number of benzene rings is 7. The molecule has 0 spiro atoms. The summed E-state index contributed by atoms with van der Waals surface area (Å²) >= 11 is 0. The minimum Gasteiger partial charge on any atom is -0.390 e. The van der Waals surface area contributed by atoms with Gasteiger partial charge in [0, 0.05) is 44.6 Å². The predicted molar refractivity (Wildman–Crippen MR) is 312 cm³/mol. The van der Waals surface area contributed by atoms with Gasteiger partial charge in [-0.05, 0) is 157 Å². The van der Waals surface area contributed by atoms with E-state index in [1.165, 1.54) is 116 Å². The molecule has 6 heteroatoms. The van der Waals surface area contributed by atoms with Crippen molar-refractivity contribution in [3.05, 3.63) is 253 Å². The van der Waals surface area contributed by atoms with E-state index in [2.05, 4.69) is 264 Å². The Bertz CT molecular complexity index is 3760. The SMILES string of the molecule is CC(C)(c1cccc(N2CN(c3c(-c4ccccc4)cccc3-c3ccccc3)c3ccccc32)c1)c1ccc2c3ccccc3n(-c3cc(C4(C5=CC=CN6C=CC=CB56)C5CC6CC(C5)CC4C6)ccn3)c2c1. The monoisotopic (exact) mass is 969 g/mol. The molecule has 7 aromatic carbocycles. The summed E-state index contributed by atoms with van der Waals surface area (Å²) in [7, 11) is 0. The number of fused-ring (bicyclic) bond motifs is 5. The van der Waals surface area contributed by atoms with Crippen LogP contribution in [-0.4, -0.2) is 27.9 Å². The Morgan fingerprint density at radius 3 is 1.93 bits per heavy atom. The second-order valence-corrected chi connectivity index (χ2v) is 22.8. The lowest BCUT2D eigenvalue weighted by atomic mass is 9.33. The smallest absolute Gasteiger partial charge is 0.316 e. The normalized spacial score (nSPS) is 22.3. The maximum Gasteiger partial charge on any atom is 0.316 e. The maximum absolute atomic E-state index is 5.33. The van der Waals surface area contributed by atoms with Gasteiger partial charge in [0.15, 0.2) is 0 Å². The highest BCUT2D eigenvalue weighted by Crippen LogP contribution is 2.66. The first-order valence-electron chi connectivity index (χ1n) is 27.4. The van der Waals surface area contributed by atoms with Gasteiger partial charge in [-0.15, -0.1) is 0 Å². The summed E-state index contributed by atoms with van der Waals surface area (Å²) < 4.78 is 2.48. The van der Waals surface area contributed by atoms with Gasteiger partial charge in [-0.25, -0.2) is 4.98 Å². The molecule has 9 aromatic rings. The van der Waals surface area contributed by atoms with E-state index in [1.807, 2.05) is 0 Å². The van der Waals surface area contributed by atoms with E-state index in [-0.39, 0.29) is 17.7 Å². The Morgan fingerprint density at radius 2 is 1.19 bits per heavy atom. The predicted octanol–water partition coefficient (Wildman–Crippen LogP) is 16.7. The molecular weight excluding hydrogens is 910 g/mol. The van der Waals surface area contributed by atoms with E-state index >= 15 is 0 Å². The van der Waals surface area contributed by atoms with E-state index in [4.69, 9.17) is 4.98 Å². The summed E-state index contributed by atoms with van der Waals surface area (Å²) in [6, 6.07) is 67.8. The van der Waals surface area contributed by atoms with Crippen molar-refractivity contribution in [3.63, 3.8) is 0 Å². The number of rotatable bonds is 9. The molecule has 4 fully saturated rings. The molecule has 364 valence electrons. The zero-order valence-corrected chi connectivity index (χ0v) is 42.8. The summed E-state index contributed by atoms with van der Waals surface area (Å²) in [4.78, 5) is 12.8. The van der Waals surface area contributed by atoms with Crippen LogP contribution in [0.4, 0.5) is 22.7 Å². The van der Waals surface area contributed by atoms with E-state index in [9.17, 15) is 0 Å². The van der Waals surface area contributed by atoms with Crippen LogP contribution in [-0.2, 0) is 10.8 Å². The van der Waals surface area contributed by atoms with Gasteiger partial charge >= 0.3 is 6.85 Å². The van der Waals surface area contributed by atoms with Gasteiger partial charge < -0.3 is 14.6 Å². The fourth-order valence-electron chi connectivity index (χ4n) is 15.5. The zero-order chi connectivity index (χ0) is 49.8. The Hall–Kier alpha value is -8.09. The van der Waals surface area contributed by atoms with Crippen LogP contribution in [0.3, 0.4) is 0 Å². The average Bonchev–Trinajstić information content (AvgIpc) is 4.02. The van der Waals surface area contributed by atoms with Gasteiger partial charge in [-0.2, -0.15) is 0 Å². The molecule has 7 aliphatic rings. The molecule has 0 radical (unpaired) electrons. The van der Waals surface area contributed by atoms with Crippen molar-refractivity contribution >= 4 is 51.4 Å². The molecule has 5 heterocycles. The molecule has 5 nitrogen and oxygen atoms in total. The van der Waals surface area contributed by atoms with Crippen LogP contribution < -0.4 is 9.80 Å². The average molecular weight is 970 g/mol. The summed E-state index contributed by atoms with van der Waals surface area (Å²) in [5.74, 6) is 6.40. The van der Waals surface area contributed by atoms with Gasteiger partial charge in [0.2, 0.25) is 0 Å². The minimum absolute atomic E-state index is 0.0480. The standard InChI is InChI=1S/C69H60BN5/c1-68(2,51-22-15-23-56(43-51)73-46-74(63-29-12-11-28-62(63)73)67-57(49-18-5-3-6-19-49)25-16-26-58(67)50-20-7-4-8-21-50)52-31-32-60-59-24-9-10-27-61(59)75(64(60)44-52)66-45-53(33-35-71-66)69(54-39-47-38-48(41-54)42-55(69)40-47)65-30-17-37-72-36-14-13-34-70(65)72/h3-37,43-45,47-48,54-55H,38-42,46H2,1-2H3. The van der Waals surface area contributed by atoms with Crippen molar-refractivity contribution in [1.82, 2.24) is 14.4 Å². The van der Waals surface area contributed by atoms with Gasteiger partial charge in [-0.1, -0.05) is 171 Å². The third kappa shape index (κ3) is 6.87. The molecule has 0 amide bonds. The number of aromatic nitrogens is 2. The van der Waals surface area contributed by atoms with E-state index in [0.717, 1.165) is 17.7 Å². The number of para-hydroxylation sites is 4. The van der Waals surface area contributed by atoms with E-state index < -0.39 is 0 Å². The van der Waals surface area contributed by atoms with Gasteiger partial charge in [0.1, 0.15) is 12.5 Å². The van der Waals surface area contributed by atoms with Crippen molar-refractivity contribution in [3.8, 4) is 28.1 Å². The Kier molecular flexibility index (Phi) is 10.2. The molecule has 16 rings (SSSR count). The topological polar surface area (TPSA) is 27.5 Å². The number of pyridine rings is 1. The zero-order valence-electron chi connectivity index (χ0n) is 42.8. The van der Waals surface area contributed by atoms with Crippen molar-refractivity contribution in [2.75, 3.05) is 16.5 Å². The lowest BCUT2D eigenvalue weighted by molar-refractivity contribution is -0.0411. The van der Waals surface area contributed by atoms with Crippen LogP contribution in [0.5, 0.6) is 0 Å². The molecular formula is C69H60BN5. The highest BCUT2D eigenvalue weighted by atomic mass is 15.4. The van der Waals surface area contributed by atoms with Crippen LogP contribution in [0.2, 0.25) is 0 Å². The van der Waals surface area contributed by atoms with Crippen LogP contribution >= 0.6 is 0 Å². The lowest BCUT2D eigenvalue weighted by Crippen LogP contribution is -2.60. The van der Waals surface area contributed by atoms with E-state index in [1.54, 1.807) is 5.47 Å². The number of allylic oxidation sites excluding steroid dienone is 5. The number of hydrogen-bond acceptors (Lipinski definition) is 4. The Labute approximate surface area is 441 Å². The maximum atomic E-state index is 5.33. The first-order valence-corrected chi connectivity index (χ1v) is 27.4. The van der Waals surface area contributed by atoms with Crippen molar-refractivity contribution < 1.29 is 0 Å². The molecule has 0 saturated heterocycles. The van der Waals surface area contributed by atoms with Gasteiger partial charge in [0.05, 0.1) is 28.1 Å². The molecule has 4 aliphatic carbocycles. The fraction of sp³-hybridized carbons (Fsp3) is 0.203. The van der Waals surface area contributed by atoms with Gasteiger partial charge in [0.25, 0.3) is 0 Å². The molecule has 4 saturated carbocycles. The third-order valence-electron chi connectivity index (χ3n) is 18.7.